The molecule has 0 unspecified atom stereocenters. The number of hydrogen-bond acceptors (Lipinski definition) is 4. The molecule has 4 rings (SSSR count). The van der Waals surface area contributed by atoms with Gasteiger partial charge in [0.05, 0.1) is 25.1 Å². The molecule has 2 aliphatic rings. The molecule has 6 heteroatoms. The molecular weight excluding hydrogens is 381 g/mol. The highest BCUT2D eigenvalue weighted by atomic mass is 127. The lowest BCUT2D eigenvalue weighted by atomic mass is 10.0. The largest absolute Gasteiger partial charge is 0.370 e. The molecule has 0 N–H and O–H groups in total. The second-order valence-electron chi connectivity index (χ2n) is 5.75. The van der Waals surface area contributed by atoms with E-state index in [0.717, 1.165) is 44.8 Å². The van der Waals surface area contributed by atoms with Gasteiger partial charge in [-0.1, -0.05) is 0 Å². The summed E-state index contributed by atoms with van der Waals surface area (Å²) < 4.78 is 14.9. The summed E-state index contributed by atoms with van der Waals surface area (Å²) in [5.41, 5.74) is 2.23. The summed E-state index contributed by atoms with van der Waals surface area (Å²) >= 11 is 2.37. The molecule has 112 valence electrons. The predicted molar refractivity (Wildman–Crippen MR) is 89.5 cm³/mol. The first kappa shape index (κ1) is 13.8. The number of piperidine rings is 1. The van der Waals surface area contributed by atoms with Crippen LogP contribution in [-0.2, 0) is 16.5 Å². The average Bonchev–Trinajstić information content (AvgIpc) is 3.06. The third kappa shape index (κ3) is 2.33. The van der Waals surface area contributed by atoms with Crippen LogP contribution in [0, 0.1) is 3.57 Å². The summed E-state index contributed by atoms with van der Waals surface area (Å²) in [5.74, 6) is -0.310. The van der Waals surface area contributed by atoms with Crippen molar-refractivity contribution in [2.24, 2.45) is 7.05 Å². The summed E-state index contributed by atoms with van der Waals surface area (Å²) in [6.45, 7) is 3.37. The maximum absolute atomic E-state index is 5.79. The van der Waals surface area contributed by atoms with Gasteiger partial charge in [0.2, 0.25) is 0 Å². The number of aryl methyl sites for hydroxylation is 1. The monoisotopic (exact) mass is 399 g/mol. The van der Waals surface area contributed by atoms with Crippen molar-refractivity contribution in [2.75, 3.05) is 31.2 Å². The van der Waals surface area contributed by atoms with Crippen molar-refractivity contribution in [1.29, 1.82) is 0 Å². The summed E-state index contributed by atoms with van der Waals surface area (Å²) in [6, 6.07) is 2.25. The van der Waals surface area contributed by atoms with Crippen LogP contribution in [0.15, 0.2) is 18.5 Å². The standard InChI is InChI=1S/C15H18IN3O2/c1-18-10-13(16)12-8-11(9-17-14(12)18)19-4-2-15(3-5-19)20-6-7-21-15/h8-10H,2-7H2,1H3. The van der Waals surface area contributed by atoms with E-state index in [1.165, 1.54) is 14.6 Å². The Kier molecular flexibility index (Phi) is 3.35. The molecule has 5 nitrogen and oxygen atoms in total. The molecule has 4 heterocycles. The number of hydrogen-bond donors (Lipinski definition) is 0. The van der Waals surface area contributed by atoms with Gasteiger partial charge in [0, 0.05) is 48.1 Å². The Hall–Kier alpha value is -0.860. The van der Waals surface area contributed by atoms with E-state index in [9.17, 15) is 0 Å². The summed E-state index contributed by atoms with van der Waals surface area (Å²) in [7, 11) is 2.04. The van der Waals surface area contributed by atoms with Crippen molar-refractivity contribution in [3.8, 4) is 0 Å². The van der Waals surface area contributed by atoms with Crippen molar-refractivity contribution < 1.29 is 9.47 Å². The maximum Gasteiger partial charge on any atom is 0.171 e. The molecule has 2 aliphatic heterocycles. The van der Waals surface area contributed by atoms with Gasteiger partial charge in [0.25, 0.3) is 0 Å². The Morgan fingerprint density at radius 1 is 1.24 bits per heavy atom. The molecule has 2 saturated heterocycles. The number of fused-ring (bicyclic) bond motifs is 1. The minimum atomic E-state index is -0.310. The van der Waals surface area contributed by atoms with E-state index in [2.05, 4.69) is 49.3 Å². The van der Waals surface area contributed by atoms with Crippen LogP contribution in [0.2, 0.25) is 0 Å². The number of rotatable bonds is 1. The van der Waals surface area contributed by atoms with E-state index >= 15 is 0 Å². The first-order chi connectivity index (χ1) is 10.2. The highest BCUT2D eigenvalue weighted by Gasteiger charge is 2.39. The van der Waals surface area contributed by atoms with Gasteiger partial charge in [-0.25, -0.2) is 4.98 Å². The molecule has 2 aromatic rings. The van der Waals surface area contributed by atoms with Crippen LogP contribution in [0.1, 0.15) is 12.8 Å². The Morgan fingerprint density at radius 2 is 1.95 bits per heavy atom. The molecule has 2 fully saturated rings. The number of ether oxygens (including phenoxy) is 2. The van der Waals surface area contributed by atoms with Crippen molar-refractivity contribution in [1.82, 2.24) is 9.55 Å². The van der Waals surface area contributed by atoms with Crippen LogP contribution in [0.3, 0.4) is 0 Å². The lowest BCUT2D eigenvalue weighted by Gasteiger charge is -2.38. The first-order valence-corrected chi connectivity index (χ1v) is 8.38. The summed E-state index contributed by atoms with van der Waals surface area (Å²) in [5, 5.41) is 1.23. The van der Waals surface area contributed by atoms with Gasteiger partial charge < -0.3 is 18.9 Å². The number of pyridine rings is 1. The molecule has 0 radical (unpaired) electrons. The van der Waals surface area contributed by atoms with E-state index in [0.29, 0.717) is 0 Å². The Morgan fingerprint density at radius 3 is 2.67 bits per heavy atom. The van der Waals surface area contributed by atoms with Gasteiger partial charge in [0.1, 0.15) is 5.65 Å². The normalized spacial score (nSPS) is 21.5. The van der Waals surface area contributed by atoms with E-state index in [1.807, 2.05) is 13.2 Å². The van der Waals surface area contributed by atoms with Crippen molar-refractivity contribution in [3.05, 3.63) is 22.0 Å². The molecule has 0 aliphatic carbocycles. The van der Waals surface area contributed by atoms with E-state index in [1.54, 1.807) is 0 Å². The van der Waals surface area contributed by atoms with Gasteiger partial charge in [-0.15, -0.1) is 0 Å². The van der Waals surface area contributed by atoms with Gasteiger partial charge in [-0.3, -0.25) is 0 Å². The second kappa shape index (κ2) is 5.10. The first-order valence-electron chi connectivity index (χ1n) is 7.30. The summed E-state index contributed by atoms with van der Waals surface area (Å²) in [4.78, 5) is 7.00. The lowest BCUT2D eigenvalue weighted by Crippen LogP contribution is -2.45. The van der Waals surface area contributed by atoms with Gasteiger partial charge in [-0.2, -0.15) is 0 Å². The van der Waals surface area contributed by atoms with Crippen LogP contribution < -0.4 is 4.90 Å². The third-order valence-corrected chi connectivity index (χ3v) is 5.31. The second-order valence-corrected chi connectivity index (χ2v) is 6.91. The van der Waals surface area contributed by atoms with Gasteiger partial charge in [0.15, 0.2) is 5.79 Å². The van der Waals surface area contributed by atoms with E-state index < -0.39 is 0 Å². The van der Waals surface area contributed by atoms with Crippen LogP contribution in [0.25, 0.3) is 11.0 Å². The quantitative estimate of drug-likeness (QED) is 0.692. The topological polar surface area (TPSA) is 39.5 Å². The highest BCUT2D eigenvalue weighted by molar-refractivity contribution is 14.1. The van der Waals surface area contributed by atoms with Crippen LogP contribution in [-0.4, -0.2) is 41.6 Å². The zero-order chi connectivity index (χ0) is 14.4. The zero-order valence-corrected chi connectivity index (χ0v) is 14.2. The molecule has 0 amide bonds. The molecule has 0 atom stereocenters. The molecule has 21 heavy (non-hydrogen) atoms. The zero-order valence-electron chi connectivity index (χ0n) is 12.0. The van der Waals surface area contributed by atoms with Gasteiger partial charge in [-0.05, 0) is 28.7 Å². The molecule has 0 bridgehead atoms. The highest BCUT2D eigenvalue weighted by Crippen LogP contribution is 2.34. The van der Waals surface area contributed by atoms with Crippen LogP contribution in [0.5, 0.6) is 0 Å². The van der Waals surface area contributed by atoms with E-state index in [-0.39, 0.29) is 5.79 Å². The average molecular weight is 399 g/mol. The maximum atomic E-state index is 5.79. The number of anilines is 1. The smallest absolute Gasteiger partial charge is 0.171 e. The fraction of sp³-hybridized carbons (Fsp3) is 0.533. The Bertz CT molecular complexity index is 669. The van der Waals surface area contributed by atoms with Gasteiger partial charge >= 0.3 is 0 Å². The Balaban J connectivity index is 1.58. The molecule has 0 saturated carbocycles. The summed E-state index contributed by atoms with van der Waals surface area (Å²) in [6.07, 6.45) is 5.95. The minimum Gasteiger partial charge on any atom is -0.370 e. The fourth-order valence-electron chi connectivity index (χ4n) is 3.27. The van der Waals surface area contributed by atoms with E-state index in [4.69, 9.17) is 9.47 Å². The lowest BCUT2D eigenvalue weighted by molar-refractivity contribution is -0.169. The Labute approximate surface area is 137 Å². The predicted octanol–water partition coefficient (Wildman–Crippen LogP) is 2.52. The van der Waals surface area contributed by atoms with Crippen LogP contribution >= 0.6 is 22.6 Å². The molecule has 0 aromatic carbocycles. The number of halogens is 1. The SMILES string of the molecule is Cn1cc(I)c2cc(N3CCC4(CC3)OCCO4)cnc21. The molecule has 2 aromatic heterocycles. The third-order valence-electron chi connectivity index (χ3n) is 4.45. The van der Waals surface area contributed by atoms with Crippen molar-refractivity contribution >= 4 is 39.3 Å². The van der Waals surface area contributed by atoms with Crippen molar-refractivity contribution in [3.63, 3.8) is 0 Å². The molecular formula is C15H18IN3O2. The van der Waals surface area contributed by atoms with Crippen molar-refractivity contribution in [2.45, 2.75) is 18.6 Å². The fourth-order valence-corrected chi connectivity index (χ4v) is 4.08. The minimum absolute atomic E-state index is 0.310. The molecule has 1 spiro atoms. The number of aromatic nitrogens is 2. The van der Waals surface area contributed by atoms with Crippen LogP contribution in [0.4, 0.5) is 5.69 Å². The number of nitrogens with zero attached hydrogens (tertiary/aromatic N) is 3.